The highest BCUT2D eigenvalue weighted by atomic mass is 127. The van der Waals surface area contributed by atoms with Crippen LogP contribution >= 0.6 is 22.6 Å². The van der Waals surface area contributed by atoms with Crippen molar-refractivity contribution in [3.63, 3.8) is 0 Å². The Labute approximate surface area is 242 Å². The molecule has 4 amide bonds. The standard InChI is InChI=1S/C28H36IN5O5/c1-17(33-28(39)23(31-2)13-18-8-10-22(35)11-9-18)27(38)32-15-25(36)34(16-19-6-7-19)24(26(30)37)14-20-4-3-5-21(29)12-20/h3-5,8-12,17,19,23-24,31,35H,6-7,13-16H2,1-2H3,(H2,30,37)(H,32,38)(H,33,39)/t17-,23+,24+/m1/s1. The highest BCUT2D eigenvalue weighted by molar-refractivity contribution is 14.1. The number of nitrogens with zero attached hydrogens (tertiary/aromatic N) is 1. The molecule has 0 spiro atoms. The number of nitrogens with two attached hydrogens (primary N) is 1. The Morgan fingerprint density at radius 2 is 1.74 bits per heavy atom. The second-order valence-corrected chi connectivity index (χ2v) is 11.1. The summed E-state index contributed by atoms with van der Waals surface area (Å²) >= 11 is 2.19. The van der Waals surface area contributed by atoms with E-state index >= 15 is 0 Å². The van der Waals surface area contributed by atoms with Crippen molar-refractivity contribution < 1.29 is 24.3 Å². The number of halogens is 1. The highest BCUT2D eigenvalue weighted by Crippen LogP contribution is 2.30. The summed E-state index contributed by atoms with van der Waals surface area (Å²) in [6, 6.07) is 11.9. The predicted octanol–water partition coefficient (Wildman–Crippen LogP) is 1.08. The molecule has 0 radical (unpaired) electrons. The van der Waals surface area contributed by atoms with Gasteiger partial charge in [-0.2, -0.15) is 0 Å². The molecule has 2 aromatic rings. The fourth-order valence-electron chi connectivity index (χ4n) is 4.22. The van der Waals surface area contributed by atoms with Crippen LogP contribution < -0.4 is 21.7 Å². The van der Waals surface area contributed by atoms with Crippen LogP contribution in [0.4, 0.5) is 0 Å². The number of amides is 4. The molecule has 0 unspecified atom stereocenters. The van der Waals surface area contributed by atoms with Gasteiger partial charge in [0.25, 0.3) is 0 Å². The summed E-state index contributed by atoms with van der Waals surface area (Å²) in [6.45, 7) is 1.63. The molecule has 39 heavy (non-hydrogen) atoms. The monoisotopic (exact) mass is 649 g/mol. The van der Waals surface area contributed by atoms with E-state index in [1.165, 1.54) is 11.8 Å². The molecule has 11 heteroatoms. The van der Waals surface area contributed by atoms with Crippen molar-refractivity contribution in [1.29, 1.82) is 0 Å². The third kappa shape index (κ3) is 9.50. The van der Waals surface area contributed by atoms with Gasteiger partial charge in [0.2, 0.25) is 23.6 Å². The van der Waals surface area contributed by atoms with Crippen molar-refractivity contribution >= 4 is 46.2 Å². The smallest absolute Gasteiger partial charge is 0.242 e. The fourth-order valence-corrected chi connectivity index (χ4v) is 4.83. The maximum absolute atomic E-state index is 13.2. The molecular weight excluding hydrogens is 613 g/mol. The van der Waals surface area contributed by atoms with Crippen LogP contribution in [0.2, 0.25) is 0 Å². The van der Waals surface area contributed by atoms with E-state index in [1.807, 2.05) is 24.3 Å². The summed E-state index contributed by atoms with van der Waals surface area (Å²) in [5.41, 5.74) is 7.47. The molecule has 0 heterocycles. The van der Waals surface area contributed by atoms with E-state index in [1.54, 1.807) is 31.3 Å². The molecule has 0 saturated heterocycles. The Balaban J connectivity index is 1.58. The van der Waals surface area contributed by atoms with Crippen molar-refractivity contribution in [3.8, 4) is 5.75 Å². The van der Waals surface area contributed by atoms with Gasteiger partial charge in [-0.05, 0) is 97.1 Å². The van der Waals surface area contributed by atoms with Gasteiger partial charge in [-0.25, -0.2) is 0 Å². The molecule has 0 bridgehead atoms. The Kier molecular flexibility index (Phi) is 11.1. The first kappa shape index (κ1) is 30.4. The lowest BCUT2D eigenvalue weighted by Crippen LogP contribution is -2.55. The molecule has 1 aliphatic carbocycles. The largest absolute Gasteiger partial charge is 0.508 e. The Bertz CT molecular complexity index is 1170. The molecular formula is C28H36IN5O5. The van der Waals surface area contributed by atoms with Gasteiger partial charge >= 0.3 is 0 Å². The number of carbonyl (C=O) groups excluding carboxylic acids is 4. The normalized spacial score (nSPS) is 15.1. The molecule has 6 N–H and O–H groups in total. The lowest BCUT2D eigenvalue weighted by molar-refractivity contribution is -0.140. The first-order valence-electron chi connectivity index (χ1n) is 12.9. The average Bonchev–Trinajstić information content (AvgIpc) is 3.72. The maximum atomic E-state index is 13.2. The summed E-state index contributed by atoms with van der Waals surface area (Å²) in [5, 5.41) is 17.7. The Morgan fingerprint density at radius 3 is 2.33 bits per heavy atom. The first-order chi connectivity index (χ1) is 18.6. The number of hydrogen-bond acceptors (Lipinski definition) is 6. The van der Waals surface area contributed by atoms with Crippen LogP contribution in [-0.2, 0) is 32.0 Å². The van der Waals surface area contributed by atoms with Gasteiger partial charge in [-0.15, -0.1) is 0 Å². The van der Waals surface area contributed by atoms with Gasteiger partial charge in [-0.3, -0.25) is 19.2 Å². The first-order valence-corrected chi connectivity index (χ1v) is 14.0. The van der Waals surface area contributed by atoms with Gasteiger partial charge < -0.3 is 31.7 Å². The number of hydrogen-bond donors (Lipinski definition) is 5. The third-order valence-corrected chi connectivity index (χ3v) is 7.37. The SMILES string of the molecule is CN[C@@H](Cc1ccc(O)cc1)C(=O)N[C@H](C)C(=O)NCC(=O)N(CC1CC1)[C@@H](Cc1cccc(I)c1)C(N)=O. The predicted molar refractivity (Wildman–Crippen MR) is 156 cm³/mol. The molecule has 3 rings (SSSR count). The summed E-state index contributed by atoms with van der Waals surface area (Å²) in [7, 11) is 1.65. The minimum absolute atomic E-state index is 0.136. The maximum Gasteiger partial charge on any atom is 0.242 e. The summed E-state index contributed by atoms with van der Waals surface area (Å²) < 4.78 is 1.01. The van der Waals surface area contributed by atoms with Crippen LogP contribution in [0.3, 0.4) is 0 Å². The molecule has 2 aromatic carbocycles. The number of likely N-dealkylation sites (N-methyl/N-ethyl adjacent to an activating group) is 1. The Hall–Kier alpha value is -3.19. The second kappa shape index (κ2) is 14.3. The van der Waals surface area contributed by atoms with Gasteiger partial charge in [0.05, 0.1) is 12.6 Å². The molecule has 0 aromatic heterocycles. The van der Waals surface area contributed by atoms with Crippen LogP contribution in [0.1, 0.15) is 30.9 Å². The van der Waals surface area contributed by atoms with E-state index in [0.29, 0.717) is 18.9 Å². The lowest BCUT2D eigenvalue weighted by Gasteiger charge is -2.30. The zero-order valence-electron chi connectivity index (χ0n) is 22.2. The lowest BCUT2D eigenvalue weighted by atomic mass is 10.0. The minimum atomic E-state index is -0.892. The van der Waals surface area contributed by atoms with Crippen molar-refractivity contribution in [2.24, 2.45) is 11.7 Å². The van der Waals surface area contributed by atoms with E-state index in [9.17, 15) is 24.3 Å². The second-order valence-electron chi connectivity index (χ2n) is 9.90. The molecule has 1 saturated carbocycles. The van der Waals surface area contributed by atoms with Crippen molar-refractivity contribution in [2.45, 2.75) is 50.7 Å². The number of carbonyl (C=O) groups is 4. The van der Waals surface area contributed by atoms with E-state index in [0.717, 1.165) is 27.5 Å². The summed E-state index contributed by atoms with van der Waals surface area (Å²) in [4.78, 5) is 52.6. The molecule has 1 fully saturated rings. The van der Waals surface area contributed by atoms with Crippen molar-refractivity contribution in [2.75, 3.05) is 20.1 Å². The van der Waals surface area contributed by atoms with Gasteiger partial charge in [0, 0.05) is 16.5 Å². The van der Waals surface area contributed by atoms with Crippen molar-refractivity contribution in [1.82, 2.24) is 20.9 Å². The molecule has 210 valence electrons. The molecule has 1 aliphatic rings. The molecule has 10 nitrogen and oxygen atoms in total. The molecule has 0 aliphatic heterocycles. The van der Waals surface area contributed by atoms with Gasteiger partial charge in [0.15, 0.2) is 0 Å². The van der Waals surface area contributed by atoms with Gasteiger partial charge in [-0.1, -0.05) is 24.3 Å². The summed E-state index contributed by atoms with van der Waals surface area (Å²) in [5.74, 6) is -1.44. The van der Waals surface area contributed by atoms with Crippen LogP contribution in [0.5, 0.6) is 5.75 Å². The zero-order chi connectivity index (χ0) is 28.5. The number of aromatic hydroxyl groups is 1. The van der Waals surface area contributed by atoms with E-state index in [2.05, 4.69) is 38.5 Å². The van der Waals surface area contributed by atoms with E-state index in [-0.39, 0.29) is 24.6 Å². The van der Waals surface area contributed by atoms with Crippen LogP contribution in [0.25, 0.3) is 0 Å². The van der Waals surface area contributed by atoms with Crippen LogP contribution in [0.15, 0.2) is 48.5 Å². The van der Waals surface area contributed by atoms with E-state index in [4.69, 9.17) is 5.73 Å². The minimum Gasteiger partial charge on any atom is -0.508 e. The van der Waals surface area contributed by atoms with Gasteiger partial charge in [0.1, 0.15) is 17.8 Å². The van der Waals surface area contributed by atoms with Crippen LogP contribution in [0, 0.1) is 9.49 Å². The topological polar surface area (TPSA) is 154 Å². The number of nitrogens with one attached hydrogen (secondary N) is 3. The zero-order valence-corrected chi connectivity index (χ0v) is 24.3. The Morgan fingerprint density at radius 1 is 1.05 bits per heavy atom. The number of phenolic OH excluding ortho intramolecular Hbond substituents is 1. The number of benzene rings is 2. The molecule has 3 atom stereocenters. The third-order valence-electron chi connectivity index (χ3n) is 6.70. The quantitative estimate of drug-likeness (QED) is 0.193. The fraction of sp³-hybridized carbons (Fsp3) is 0.429. The van der Waals surface area contributed by atoms with Crippen molar-refractivity contribution in [3.05, 3.63) is 63.2 Å². The number of rotatable bonds is 14. The highest BCUT2D eigenvalue weighted by Gasteiger charge is 2.34. The van der Waals surface area contributed by atoms with Crippen LogP contribution in [-0.4, -0.2) is 71.9 Å². The van der Waals surface area contributed by atoms with E-state index < -0.39 is 35.8 Å². The summed E-state index contributed by atoms with van der Waals surface area (Å²) in [6.07, 6.45) is 2.60. The average molecular weight is 650 g/mol. The number of phenols is 1. The number of primary amides is 1.